The van der Waals surface area contributed by atoms with Crippen molar-refractivity contribution in [2.45, 2.75) is 50.7 Å². The van der Waals surface area contributed by atoms with Gasteiger partial charge < -0.3 is 14.8 Å². The number of aromatic nitrogens is 2. The van der Waals surface area contributed by atoms with Crippen LogP contribution < -0.4 is 10.6 Å². The Hall–Kier alpha value is -2.28. The van der Waals surface area contributed by atoms with Crippen molar-refractivity contribution in [3.63, 3.8) is 0 Å². The number of hydrogen-bond donors (Lipinski definition) is 3. The van der Waals surface area contributed by atoms with Crippen LogP contribution in [0.2, 0.25) is 0 Å². The summed E-state index contributed by atoms with van der Waals surface area (Å²) in [6, 6.07) is 5.14. The van der Waals surface area contributed by atoms with Gasteiger partial charge in [-0.25, -0.2) is 9.48 Å². The Morgan fingerprint density at radius 1 is 1.42 bits per heavy atom. The highest BCUT2D eigenvalue weighted by Crippen LogP contribution is 2.29. The lowest BCUT2D eigenvalue weighted by atomic mass is 9.96. The quantitative estimate of drug-likeness (QED) is 0.785. The second-order valence-electron chi connectivity index (χ2n) is 6.51. The third kappa shape index (κ3) is 3.79. The largest absolute Gasteiger partial charge is 0.466 e. The first-order chi connectivity index (χ1) is 11.6. The zero-order valence-electron chi connectivity index (χ0n) is 13.9. The molecule has 3 N–H and O–H groups in total. The molecule has 3 rings (SSSR count). The Kier molecular flexibility index (Phi) is 4.89. The highest BCUT2D eigenvalue weighted by molar-refractivity contribution is 5.88. The van der Waals surface area contributed by atoms with Crippen LogP contribution in [0.25, 0.3) is 0 Å². The van der Waals surface area contributed by atoms with Gasteiger partial charge >= 0.3 is 6.03 Å². The first-order valence-corrected chi connectivity index (χ1v) is 8.41. The minimum absolute atomic E-state index is 0.0455. The molecule has 2 aromatic rings. The number of carbonyl (C=O) groups is 1. The van der Waals surface area contributed by atoms with Crippen molar-refractivity contribution in [3.8, 4) is 0 Å². The van der Waals surface area contributed by atoms with Crippen LogP contribution in [0.3, 0.4) is 0 Å². The van der Waals surface area contributed by atoms with Crippen molar-refractivity contribution in [2.24, 2.45) is 0 Å². The van der Waals surface area contributed by atoms with E-state index in [-0.39, 0.29) is 12.6 Å². The zero-order valence-corrected chi connectivity index (χ0v) is 13.9. The summed E-state index contributed by atoms with van der Waals surface area (Å²) in [6.45, 7) is 1.64. The van der Waals surface area contributed by atoms with E-state index in [0.29, 0.717) is 17.6 Å². The molecule has 0 saturated heterocycles. The summed E-state index contributed by atoms with van der Waals surface area (Å²) in [5.74, 6) is 1.09. The SMILES string of the molecule is CC(O)(CNC(=O)Nc1ccnn1C1CCCCC1)c1ccco1. The van der Waals surface area contributed by atoms with E-state index >= 15 is 0 Å². The first kappa shape index (κ1) is 16.6. The molecule has 2 aromatic heterocycles. The molecule has 2 heterocycles. The average Bonchev–Trinajstić information content (AvgIpc) is 3.26. The monoisotopic (exact) mass is 332 g/mol. The van der Waals surface area contributed by atoms with Crippen LogP contribution in [0.15, 0.2) is 35.1 Å². The number of carbonyl (C=O) groups excluding carboxylic acids is 1. The summed E-state index contributed by atoms with van der Waals surface area (Å²) in [5.41, 5.74) is -1.26. The molecule has 0 aliphatic heterocycles. The van der Waals surface area contributed by atoms with Crippen LogP contribution in [0.4, 0.5) is 10.6 Å². The second kappa shape index (κ2) is 7.09. The van der Waals surface area contributed by atoms with E-state index in [1.165, 1.54) is 25.5 Å². The maximum Gasteiger partial charge on any atom is 0.320 e. The van der Waals surface area contributed by atoms with Crippen LogP contribution in [0.1, 0.15) is 50.8 Å². The van der Waals surface area contributed by atoms with Gasteiger partial charge in [-0.15, -0.1) is 0 Å². The lowest BCUT2D eigenvalue weighted by Crippen LogP contribution is -2.40. The molecular formula is C17H24N4O3. The van der Waals surface area contributed by atoms with E-state index in [0.717, 1.165) is 12.8 Å². The van der Waals surface area contributed by atoms with Gasteiger partial charge in [0.15, 0.2) is 0 Å². The Morgan fingerprint density at radius 3 is 2.92 bits per heavy atom. The number of rotatable bonds is 5. The fourth-order valence-electron chi connectivity index (χ4n) is 3.11. The number of hydrogen-bond acceptors (Lipinski definition) is 4. The van der Waals surface area contributed by atoms with Crippen molar-refractivity contribution in [1.82, 2.24) is 15.1 Å². The predicted octanol–water partition coefficient (Wildman–Crippen LogP) is 3.01. The minimum atomic E-state index is -1.26. The third-order valence-corrected chi connectivity index (χ3v) is 4.48. The minimum Gasteiger partial charge on any atom is -0.466 e. The zero-order chi connectivity index (χ0) is 17.0. The maximum atomic E-state index is 12.2. The van der Waals surface area contributed by atoms with Gasteiger partial charge in [0.05, 0.1) is 25.0 Å². The van der Waals surface area contributed by atoms with Crippen LogP contribution in [0, 0.1) is 0 Å². The number of aliphatic hydroxyl groups is 1. The van der Waals surface area contributed by atoms with Gasteiger partial charge in [-0.1, -0.05) is 19.3 Å². The van der Waals surface area contributed by atoms with Gasteiger partial charge in [0.25, 0.3) is 0 Å². The normalized spacial score (nSPS) is 18.1. The molecule has 1 aliphatic carbocycles. The topological polar surface area (TPSA) is 92.3 Å². The molecule has 1 saturated carbocycles. The Balaban J connectivity index is 1.57. The third-order valence-electron chi connectivity index (χ3n) is 4.48. The number of furan rings is 1. The molecule has 0 radical (unpaired) electrons. The smallest absolute Gasteiger partial charge is 0.320 e. The second-order valence-corrected chi connectivity index (χ2v) is 6.51. The molecule has 7 heteroatoms. The summed E-state index contributed by atoms with van der Waals surface area (Å²) in [6.07, 6.45) is 9.03. The number of nitrogens with zero attached hydrogens (tertiary/aromatic N) is 2. The fraction of sp³-hybridized carbons (Fsp3) is 0.529. The van der Waals surface area contributed by atoms with E-state index < -0.39 is 5.60 Å². The predicted molar refractivity (Wildman–Crippen MR) is 89.6 cm³/mol. The van der Waals surface area contributed by atoms with Crippen molar-refractivity contribution < 1.29 is 14.3 Å². The molecule has 1 fully saturated rings. The summed E-state index contributed by atoms with van der Waals surface area (Å²) in [4.78, 5) is 12.2. The molecule has 7 nitrogen and oxygen atoms in total. The van der Waals surface area contributed by atoms with Crippen LogP contribution in [-0.2, 0) is 5.60 Å². The first-order valence-electron chi connectivity index (χ1n) is 8.41. The van der Waals surface area contributed by atoms with E-state index in [2.05, 4.69) is 15.7 Å². The van der Waals surface area contributed by atoms with Gasteiger partial charge in [-0.05, 0) is 31.9 Å². The Labute approximate surface area is 141 Å². The molecule has 2 amide bonds. The molecular weight excluding hydrogens is 308 g/mol. The van der Waals surface area contributed by atoms with Gasteiger partial charge in [0, 0.05) is 6.07 Å². The lowest BCUT2D eigenvalue weighted by Gasteiger charge is -2.24. The van der Waals surface area contributed by atoms with Crippen LogP contribution >= 0.6 is 0 Å². The Morgan fingerprint density at radius 2 is 2.21 bits per heavy atom. The molecule has 1 aliphatic rings. The highest BCUT2D eigenvalue weighted by atomic mass is 16.4. The summed E-state index contributed by atoms with van der Waals surface area (Å²) in [7, 11) is 0. The number of anilines is 1. The summed E-state index contributed by atoms with van der Waals surface area (Å²) in [5, 5.41) is 20.2. The average molecular weight is 332 g/mol. The lowest BCUT2D eigenvalue weighted by molar-refractivity contribution is 0.0372. The molecule has 1 unspecified atom stereocenters. The van der Waals surface area contributed by atoms with Crippen LogP contribution in [-0.4, -0.2) is 27.5 Å². The van der Waals surface area contributed by atoms with Crippen molar-refractivity contribution in [2.75, 3.05) is 11.9 Å². The van der Waals surface area contributed by atoms with E-state index in [1.54, 1.807) is 31.3 Å². The molecule has 24 heavy (non-hydrogen) atoms. The van der Waals surface area contributed by atoms with Crippen molar-refractivity contribution in [3.05, 3.63) is 36.4 Å². The highest BCUT2D eigenvalue weighted by Gasteiger charge is 2.27. The molecule has 1 atom stereocenters. The van der Waals surface area contributed by atoms with E-state index in [9.17, 15) is 9.90 Å². The van der Waals surface area contributed by atoms with Gasteiger partial charge in [0.2, 0.25) is 0 Å². The molecule has 0 spiro atoms. The van der Waals surface area contributed by atoms with Crippen LogP contribution in [0.5, 0.6) is 0 Å². The maximum absolute atomic E-state index is 12.2. The number of urea groups is 1. The summed E-state index contributed by atoms with van der Waals surface area (Å²) < 4.78 is 7.09. The number of nitrogens with one attached hydrogen (secondary N) is 2. The fourth-order valence-corrected chi connectivity index (χ4v) is 3.11. The van der Waals surface area contributed by atoms with E-state index in [1.807, 2.05) is 4.68 Å². The van der Waals surface area contributed by atoms with E-state index in [4.69, 9.17) is 4.42 Å². The molecule has 130 valence electrons. The van der Waals surface area contributed by atoms with Crippen molar-refractivity contribution in [1.29, 1.82) is 0 Å². The standard InChI is InChI=1S/C17H24N4O3/c1-17(23,14-8-5-11-24-14)12-18-16(22)20-15-9-10-19-21(15)13-6-3-2-4-7-13/h5,8-11,13,23H,2-4,6-7,12H2,1H3,(H2,18,20,22). The van der Waals surface area contributed by atoms with Gasteiger partial charge in [-0.3, -0.25) is 5.32 Å². The Bertz CT molecular complexity index is 657. The van der Waals surface area contributed by atoms with Gasteiger partial charge in [-0.2, -0.15) is 5.10 Å². The van der Waals surface area contributed by atoms with Gasteiger partial charge in [0.1, 0.15) is 17.2 Å². The number of amides is 2. The molecule has 0 bridgehead atoms. The molecule has 0 aromatic carbocycles. The van der Waals surface area contributed by atoms with Crippen molar-refractivity contribution >= 4 is 11.8 Å². The summed E-state index contributed by atoms with van der Waals surface area (Å²) >= 11 is 0.